The second-order valence-electron chi connectivity index (χ2n) is 7.20. The lowest BCUT2D eigenvalue weighted by molar-refractivity contribution is 0.0510. The summed E-state index contributed by atoms with van der Waals surface area (Å²) in [6, 6.07) is 0. The van der Waals surface area contributed by atoms with E-state index in [9.17, 15) is 0 Å². The van der Waals surface area contributed by atoms with E-state index in [1.165, 1.54) is 51.9 Å². The number of hydrogen-bond acceptors (Lipinski definition) is 6. The van der Waals surface area contributed by atoms with Crippen LogP contribution < -0.4 is 10.2 Å². The Labute approximate surface area is 139 Å². The van der Waals surface area contributed by atoms with Gasteiger partial charge in [-0.1, -0.05) is 12.8 Å². The average Bonchev–Trinajstić information content (AvgIpc) is 3.04. The van der Waals surface area contributed by atoms with Gasteiger partial charge in [-0.15, -0.1) is 0 Å². The summed E-state index contributed by atoms with van der Waals surface area (Å²) in [5.74, 6) is 1.82. The van der Waals surface area contributed by atoms with E-state index in [1.807, 2.05) is 19.0 Å². The normalized spacial score (nSPS) is 22.2. The van der Waals surface area contributed by atoms with Crippen LogP contribution in [0.2, 0.25) is 0 Å². The largest absolute Gasteiger partial charge is 0.365 e. The van der Waals surface area contributed by atoms with Gasteiger partial charge in [-0.05, 0) is 19.9 Å². The van der Waals surface area contributed by atoms with Crippen molar-refractivity contribution in [2.45, 2.75) is 31.2 Å². The van der Waals surface area contributed by atoms with E-state index in [0.29, 0.717) is 5.54 Å². The molecule has 3 rings (SSSR count). The molecule has 0 radical (unpaired) electrons. The maximum atomic E-state index is 4.51. The quantitative estimate of drug-likeness (QED) is 0.888. The number of piperazine rings is 1. The Balaban J connectivity index is 1.71. The van der Waals surface area contributed by atoms with E-state index in [4.69, 9.17) is 0 Å². The second-order valence-corrected chi connectivity index (χ2v) is 7.20. The van der Waals surface area contributed by atoms with Crippen molar-refractivity contribution in [2.24, 2.45) is 0 Å². The Hall–Kier alpha value is -1.40. The third-order valence-corrected chi connectivity index (χ3v) is 5.40. The lowest BCUT2D eigenvalue weighted by Gasteiger charge is -2.45. The molecule has 1 saturated carbocycles. The molecule has 1 saturated heterocycles. The van der Waals surface area contributed by atoms with Gasteiger partial charge in [0.05, 0.1) is 0 Å². The Morgan fingerprint density at radius 2 is 1.74 bits per heavy atom. The Bertz CT molecular complexity index is 504. The molecule has 0 aromatic carbocycles. The molecule has 0 bridgehead atoms. The van der Waals surface area contributed by atoms with E-state index < -0.39 is 0 Å². The summed E-state index contributed by atoms with van der Waals surface area (Å²) in [5.41, 5.74) is 0.294. The first kappa shape index (κ1) is 16.5. The van der Waals surface area contributed by atoms with Crippen molar-refractivity contribution >= 4 is 11.6 Å². The molecule has 23 heavy (non-hydrogen) atoms. The highest BCUT2D eigenvalue weighted by Crippen LogP contribution is 2.36. The number of nitrogens with one attached hydrogen (secondary N) is 1. The van der Waals surface area contributed by atoms with Crippen molar-refractivity contribution in [3.05, 3.63) is 12.4 Å². The molecule has 0 amide bonds. The number of nitrogens with zero attached hydrogens (tertiary/aromatic N) is 5. The van der Waals surface area contributed by atoms with E-state index >= 15 is 0 Å². The summed E-state index contributed by atoms with van der Waals surface area (Å²) in [7, 11) is 6.25. The molecule has 6 heteroatoms. The molecule has 0 unspecified atom stereocenters. The molecule has 2 aliphatic rings. The first-order valence-corrected chi connectivity index (χ1v) is 8.76. The Morgan fingerprint density at radius 3 is 2.39 bits per heavy atom. The SMILES string of the molecule is CN1CCN(C2(CNc3nccnc3N(C)C)CCCC2)CC1. The highest BCUT2D eigenvalue weighted by atomic mass is 15.3. The predicted octanol–water partition coefficient (Wildman–Crippen LogP) is 1.51. The minimum atomic E-state index is 0.294. The molecular formula is C17H30N6. The molecule has 1 aromatic heterocycles. The minimum absolute atomic E-state index is 0.294. The molecular weight excluding hydrogens is 288 g/mol. The van der Waals surface area contributed by atoms with Gasteiger partial charge in [0.15, 0.2) is 11.6 Å². The second kappa shape index (κ2) is 7.01. The summed E-state index contributed by atoms with van der Waals surface area (Å²) in [6.07, 6.45) is 8.80. The molecule has 0 atom stereocenters. The molecule has 1 aliphatic heterocycles. The summed E-state index contributed by atoms with van der Waals surface area (Å²) in [6.45, 7) is 5.68. The third-order valence-electron chi connectivity index (χ3n) is 5.40. The van der Waals surface area contributed by atoms with Gasteiger partial charge in [0, 0.05) is 64.8 Å². The van der Waals surface area contributed by atoms with Crippen LogP contribution in [-0.4, -0.2) is 79.2 Å². The fraction of sp³-hybridized carbons (Fsp3) is 0.765. The number of aromatic nitrogens is 2. The van der Waals surface area contributed by atoms with Crippen LogP contribution in [0.4, 0.5) is 11.6 Å². The predicted molar refractivity (Wildman–Crippen MR) is 95.1 cm³/mol. The first-order chi connectivity index (χ1) is 11.1. The van der Waals surface area contributed by atoms with E-state index in [-0.39, 0.29) is 0 Å². The summed E-state index contributed by atoms with van der Waals surface area (Å²) < 4.78 is 0. The molecule has 2 fully saturated rings. The van der Waals surface area contributed by atoms with Crippen molar-refractivity contribution in [3.63, 3.8) is 0 Å². The van der Waals surface area contributed by atoms with E-state index in [1.54, 1.807) is 12.4 Å². The maximum absolute atomic E-state index is 4.51. The first-order valence-electron chi connectivity index (χ1n) is 8.76. The van der Waals surface area contributed by atoms with Crippen LogP contribution in [0.15, 0.2) is 12.4 Å². The monoisotopic (exact) mass is 318 g/mol. The van der Waals surface area contributed by atoms with Crippen molar-refractivity contribution in [1.82, 2.24) is 19.8 Å². The lowest BCUT2D eigenvalue weighted by atomic mass is 9.93. The standard InChI is InChI=1S/C17H30N6/c1-21(2)16-15(18-8-9-19-16)20-14-17(6-4-5-7-17)23-12-10-22(3)11-13-23/h8-9H,4-7,10-14H2,1-3H3,(H,18,20). The topological polar surface area (TPSA) is 47.5 Å². The van der Waals surface area contributed by atoms with Crippen LogP contribution in [0, 0.1) is 0 Å². The Morgan fingerprint density at radius 1 is 1.09 bits per heavy atom. The molecule has 128 valence electrons. The zero-order valence-electron chi connectivity index (χ0n) is 14.8. The smallest absolute Gasteiger partial charge is 0.171 e. The molecule has 2 heterocycles. The van der Waals surface area contributed by atoms with Gasteiger partial charge in [0.2, 0.25) is 0 Å². The Kier molecular flexibility index (Phi) is 5.02. The number of anilines is 2. The van der Waals surface area contributed by atoms with Crippen molar-refractivity contribution in [2.75, 3.05) is 64.1 Å². The van der Waals surface area contributed by atoms with Crippen LogP contribution in [0.5, 0.6) is 0 Å². The van der Waals surface area contributed by atoms with Gasteiger partial charge >= 0.3 is 0 Å². The average molecular weight is 318 g/mol. The number of hydrogen-bond donors (Lipinski definition) is 1. The fourth-order valence-electron chi connectivity index (χ4n) is 3.95. The van der Waals surface area contributed by atoms with Crippen molar-refractivity contribution < 1.29 is 0 Å². The molecule has 1 aromatic rings. The fourth-order valence-corrected chi connectivity index (χ4v) is 3.95. The zero-order chi connectivity index (χ0) is 16.3. The summed E-state index contributed by atoms with van der Waals surface area (Å²) in [4.78, 5) is 16.1. The van der Waals surface area contributed by atoms with Gasteiger partial charge in [-0.25, -0.2) is 9.97 Å². The van der Waals surface area contributed by atoms with Gasteiger partial charge in [0.1, 0.15) is 0 Å². The van der Waals surface area contributed by atoms with Gasteiger partial charge in [-0.3, -0.25) is 4.90 Å². The van der Waals surface area contributed by atoms with Crippen molar-refractivity contribution in [3.8, 4) is 0 Å². The van der Waals surface area contributed by atoms with Gasteiger partial charge < -0.3 is 15.1 Å². The van der Waals surface area contributed by atoms with E-state index in [2.05, 4.69) is 32.1 Å². The van der Waals surface area contributed by atoms with Gasteiger partial charge in [-0.2, -0.15) is 0 Å². The molecule has 0 spiro atoms. The van der Waals surface area contributed by atoms with E-state index in [0.717, 1.165) is 18.2 Å². The van der Waals surface area contributed by atoms with Crippen LogP contribution >= 0.6 is 0 Å². The number of rotatable bonds is 5. The van der Waals surface area contributed by atoms with Crippen LogP contribution in [-0.2, 0) is 0 Å². The highest BCUT2D eigenvalue weighted by molar-refractivity contribution is 5.59. The molecule has 1 N–H and O–H groups in total. The van der Waals surface area contributed by atoms with Gasteiger partial charge in [0.25, 0.3) is 0 Å². The zero-order valence-corrected chi connectivity index (χ0v) is 14.8. The van der Waals surface area contributed by atoms with Crippen LogP contribution in [0.25, 0.3) is 0 Å². The van der Waals surface area contributed by atoms with Crippen LogP contribution in [0.1, 0.15) is 25.7 Å². The maximum Gasteiger partial charge on any atom is 0.171 e. The summed E-state index contributed by atoms with van der Waals surface area (Å²) >= 11 is 0. The van der Waals surface area contributed by atoms with Crippen LogP contribution in [0.3, 0.4) is 0 Å². The molecule has 6 nitrogen and oxygen atoms in total. The molecule has 1 aliphatic carbocycles. The lowest BCUT2D eigenvalue weighted by Crippen LogP contribution is -2.58. The third kappa shape index (κ3) is 3.58. The highest BCUT2D eigenvalue weighted by Gasteiger charge is 2.40. The van der Waals surface area contributed by atoms with Crippen molar-refractivity contribution in [1.29, 1.82) is 0 Å². The summed E-state index contributed by atoms with van der Waals surface area (Å²) in [5, 5.41) is 3.62. The number of likely N-dealkylation sites (N-methyl/N-ethyl adjacent to an activating group) is 1. The minimum Gasteiger partial charge on any atom is -0.365 e.